The lowest BCUT2D eigenvalue weighted by molar-refractivity contribution is 0.669. The van der Waals surface area contributed by atoms with Gasteiger partial charge in [-0.2, -0.15) is 9.97 Å². The van der Waals surface area contributed by atoms with Crippen molar-refractivity contribution in [1.82, 2.24) is 29.5 Å². The van der Waals surface area contributed by atoms with Crippen LogP contribution < -0.4 is 0 Å². The Balaban J connectivity index is 1.20. The zero-order valence-electron chi connectivity index (χ0n) is 29.9. The molecule has 7 heteroatoms. The number of nitrogens with zero attached hydrogens (tertiary/aromatic N) is 6. The van der Waals surface area contributed by atoms with Crippen LogP contribution in [0.4, 0.5) is 0 Å². The second kappa shape index (κ2) is 13.0. The number of rotatable bonds is 6. The average molecular weight is 719 g/mol. The molecule has 4 heterocycles. The maximum atomic E-state index is 7.00. The molecular formula is C49H30N6O. The van der Waals surface area contributed by atoms with Crippen molar-refractivity contribution in [2.75, 3.05) is 0 Å². The van der Waals surface area contributed by atoms with E-state index in [1.807, 2.05) is 91.0 Å². The van der Waals surface area contributed by atoms with E-state index in [9.17, 15) is 0 Å². The fourth-order valence-electron chi connectivity index (χ4n) is 7.62. The monoisotopic (exact) mass is 718 g/mol. The number of fused-ring (bicyclic) bond motifs is 7. The fourth-order valence-corrected chi connectivity index (χ4v) is 7.62. The molecule has 0 N–H and O–H groups in total. The summed E-state index contributed by atoms with van der Waals surface area (Å²) in [7, 11) is 0. The zero-order chi connectivity index (χ0) is 37.0. The summed E-state index contributed by atoms with van der Waals surface area (Å²) in [6.07, 6.45) is 0. The molecular weight excluding hydrogens is 689 g/mol. The third kappa shape index (κ3) is 5.25. The molecule has 0 saturated heterocycles. The van der Waals surface area contributed by atoms with E-state index < -0.39 is 0 Å². The Hall–Kier alpha value is -7.77. The van der Waals surface area contributed by atoms with Crippen LogP contribution in [0.15, 0.2) is 186 Å². The molecule has 262 valence electrons. The molecule has 0 bridgehead atoms. The maximum Gasteiger partial charge on any atom is 0.238 e. The van der Waals surface area contributed by atoms with E-state index in [0.29, 0.717) is 34.6 Å². The molecule has 0 unspecified atom stereocenters. The number of furan rings is 1. The van der Waals surface area contributed by atoms with Crippen LogP contribution in [0.5, 0.6) is 0 Å². The number of para-hydroxylation sites is 1. The molecule has 0 aliphatic carbocycles. The first-order valence-electron chi connectivity index (χ1n) is 18.5. The third-order valence-corrected chi connectivity index (χ3v) is 10.3. The zero-order valence-corrected chi connectivity index (χ0v) is 29.9. The summed E-state index contributed by atoms with van der Waals surface area (Å²) in [5.41, 5.74) is 10.5. The lowest BCUT2D eigenvalue weighted by atomic mass is 10.0. The summed E-state index contributed by atoms with van der Waals surface area (Å²) in [5, 5.41) is 2.95. The van der Waals surface area contributed by atoms with Crippen LogP contribution in [0.3, 0.4) is 0 Å². The van der Waals surface area contributed by atoms with E-state index in [4.69, 9.17) is 29.3 Å². The molecule has 4 aromatic heterocycles. The molecule has 0 aliphatic heterocycles. The Morgan fingerprint density at radius 1 is 0.339 bits per heavy atom. The quantitative estimate of drug-likeness (QED) is 0.170. The first kappa shape index (κ1) is 31.7. The van der Waals surface area contributed by atoms with Gasteiger partial charge in [0.25, 0.3) is 0 Å². The van der Waals surface area contributed by atoms with Gasteiger partial charge in [-0.3, -0.25) is 4.57 Å². The van der Waals surface area contributed by atoms with Crippen LogP contribution in [0, 0.1) is 0 Å². The molecule has 7 nitrogen and oxygen atoms in total. The molecule has 0 fully saturated rings. The molecule has 0 radical (unpaired) electrons. The highest BCUT2D eigenvalue weighted by molar-refractivity contribution is 6.21. The molecule has 11 rings (SSSR count). The third-order valence-electron chi connectivity index (χ3n) is 10.3. The molecule has 0 atom stereocenters. The number of benzene rings is 7. The van der Waals surface area contributed by atoms with Crippen molar-refractivity contribution < 1.29 is 4.42 Å². The van der Waals surface area contributed by atoms with Gasteiger partial charge in [0.2, 0.25) is 5.95 Å². The van der Waals surface area contributed by atoms with Gasteiger partial charge >= 0.3 is 0 Å². The lowest BCUT2D eigenvalue weighted by Crippen LogP contribution is -2.06. The molecule has 0 saturated carbocycles. The lowest BCUT2D eigenvalue weighted by Gasteiger charge is -2.11. The Kier molecular flexibility index (Phi) is 7.35. The number of hydrogen-bond acceptors (Lipinski definition) is 6. The minimum atomic E-state index is 0.486. The topological polar surface area (TPSA) is 82.5 Å². The van der Waals surface area contributed by atoms with Crippen LogP contribution in [0.25, 0.3) is 106 Å². The molecule has 0 amide bonds. The van der Waals surface area contributed by atoms with Crippen LogP contribution in [0.2, 0.25) is 0 Å². The van der Waals surface area contributed by atoms with Crippen LogP contribution in [-0.4, -0.2) is 29.5 Å². The number of aromatic nitrogens is 6. The summed E-state index contributed by atoms with van der Waals surface area (Å²) in [4.78, 5) is 25.7. The summed E-state index contributed by atoms with van der Waals surface area (Å²) in [6, 6.07) is 61.6. The van der Waals surface area contributed by atoms with E-state index in [2.05, 4.69) is 95.6 Å². The van der Waals surface area contributed by atoms with Gasteiger partial charge in [0.1, 0.15) is 16.7 Å². The SMILES string of the molecule is c1ccc(-c2ccc(-c3nc(-c4ccccc4)nc(-n4c5ccccc5c5ccc6c7nc(-c8ccccc8)nc(-c8ccccc8)c7oc6c54)n3)cc2)cc1. The first-order valence-corrected chi connectivity index (χ1v) is 18.5. The van der Waals surface area contributed by atoms with Gasteiger partial charge in [0, 0.05) is 38.4 Å². The van der Waals surface area contributed by atoms with E-state index in [0.717, 1.165) is 71.8 Å². The van der Waals surface area contributed by atoms with E-state index in [1.165, 1.54) is 0 Å². The Morgan fingerprint density at radius 3 is 1.46 bits per heavy atom. The van der Waals surface area contributed by atoms with Crippen LogP contribution in [0.1, 0.15) is 0 Å². The Morgan fingerprint density at radius 2 is 0.821 bits per heavy atom. The minimum absolute atomic E-state index is 0.486. The van der Waals surface area contributed by atoms with Crippen molar-refractivity contribution in [3.8, 4) is 62.5 Å². The van der Waals surface area contributed by atoms with Gasteiger partial charge in [0.05, 0.1) is 5.52 Å². The van der Waals surface area contributed by atoms with Crippen molar-refractivity contribution in [3.05, 3.63) is 182 Å². The summed E-state index contributed by atoms with van der Waals surface area (Å²) < 4.78 is 9.11. The van der Waals surface area contributed by atoms with Crippen LogP contribution >= 0.6 is 0 Å². The Bertz CT molecular complexity index is 3210. The molecule has 0 spiro atoms. The summed E-state index contributed by atoms with van der Waals surface area (Å²) in [6.45, 7) is 0. The van der Waals surface area contributed by atoms with Crippen molar-refractivity contribution in [1.29, 1.82) is 0 Å². The van der Waals surface area contributed by atoms with Gasteiger partial charge in [-0.25, -0.2) is 15.0 Å². The van der Waals surface area contributed by atoms with Gasteiger partial charge in [-0.1, -0.05) is 170 Å². The molecule has 0 aliphatic rings. The van der Waals surface area contributed by atoms with Crippen molar-refractivity contribution in [2.45, 2.75) is 0 Å². The largest absolute Gasteiger partial charge is 0.450 e. The predicted molar refractivity (Wildman–Crippen MR) is 224 cm³/mol. The van der Waals surface area contributed by atoms with Crippen molar-refractivity contribution in [3.63, 3.8) is 0 Å². The highest BCUT2D eigenvalue weighted by atomic mass is 16.3. The van der Waals surface area contributed by atoms with Gasteiger partial charge < -0.3 is 4.42 Å². The van der Waals surface area contributed by atoms with E-state index >= 15 is 0 Å². The Labute approximate surface area is 321 Å². The maximum absolute atomic E-state index is 7.00. The smallest absolute Gasteiger partial charge is 0.238 e. The molecule has 7 aromatic carbocycles. The number of hydrogen-bond donors (Lipinski definition) is 0. The molecule has 11 aromatic rings. The first-order chi connectivity index (χ1) is 27.8. The van der Waals surface area contributed by atoms with Crippen LogP contribution in [-0.2, 0) is 0 Å². The van der Waals surface area contributed by atoms with E-state index in [-0.39, 0.29) is 0 Å². The standard InChI is InChI=1S/C49H30N6O/c1-5-15-31(16-6-1)32-25-27-36(28-26-32)48-52-47(35-21-11-4-12-22-35)53-49(54-48)55-40-24-14-13-23-37(40)38-29-30-39-42-45(56-44(39)43(38)55)41(33-17-7-2-8-18-33)50-46(51-42)34-19-9-3-10-20-34/h1-30H. The van der Waals surface area contributed by atoms with Gasteiger partial charge in [-0.15, -0.1) is 0 Å². The highest BCUT2D eigenvalue weighted by Gasteiger charge is 2.24. The highest BCUT2D eigenvalue weighted by Crippen LogP contribution is 2.42. The second-order valence-electron chi connectivity index (χ2n) is 13.7. The normalized spacial score (nSPS) is 11.6. The molecule has 56 heavy (non-hydrogen) atoms. The summed E-state index contributed by atoms with van der Waals surface area (Å²) >= 11 is 0. The average Bonchev–Trinajstić information content (AvgIpc) is 3.83. The predicted octanol–water partition coefficient (Wildman–Crippen LogP) is 12.0. The fraction of sp³-hybridized carbons (Fsp3) is 0. The van der Waals surface area contributed by atoms with Gasteiger partial charge in [-0.05, 0) is 23.3 Å². The van der Waals surface area contributed by atoms with E-state index in [1.54, 1.807) is 0 Å². The van der Waals surface area contributed by atoms with Gasteiger partial charge in [0.15, 0.2) is 28.6 Å². The second-order valence-corrected chi connectivity index (χ2v) is 13.7. The minimum Gasteiger partial charge on any atom is -0.450 e. The van der Waals surface area contributed by atoms with Crippen molar-refractivity contribution in [2.24, 2.45) is 0 Å². The summed E-state index contributed by atoms with van der Waals surface area (Å²) in [5.74, 6) is 2.26. The van der Waals surface area contributed by atoms with Crippen molar-refractivity contribution >= 4 is 43.9 Å².